The molecule has 0 bridgehead atoms. The SMILES string of the molecule is CC[C@@H](O)CN1CC(C)CN(C)c2ccccc21. The van der Waals surface area contributed by atoms with E-state index in [0.717, 1.165) is 26.1 Å². The van der Waals surface area contributed by atoms with Crippen LogP contribution in [-0.4, -0.2) is 37.9 Å². The van der Waals surface area contributed by atoms with Gasteiger partial charge in [-0.2, -0.15) is 0 Å². The molecule has 100 valence electrons. The minimum absolute atomic E-state index is 0.242. The molecule has 1 N–H and O–H groups in total. The molecule has 2 atom stereocenters. The molecule has 3 nitrogen and oxygen atoms in total. The molecule has 1 heterocycles. The molecule has 1 unspecified atom stereocenters. The van der Waals surface area contributed by atoms with E-state index < -0.39 is 0 Å². The van der Waals surface area contributed by atoms with Gasteiger partial charge in [-0.05, 0) is 24.5 Å². The van der Waals surface area contributed by atoms with Crippen LogP contribution in [0, 0.1) is 5.92 Å². The van der Waals surface area contributed by atoms with Gasteiger partial charge in [-0.15, -0.1) is 0 Å². The molecule has 0 aliphatic carbocycles. The molecule has 0 amide bonds. The average Bonchev–Trinajstić information content (AvgIpc) is 2.48. The summed E-state index contributed by atoms with van der Waals surface area (Å²) >= 11 is 0. The summed E-state index contributed by atoms with van der Waals surface area (Å²) in [6, 6.07) is 8.48. The summed E-state index contributed by atoms with van der Waals surface area (Å²) in [6.07, 6.45) is 0.566. The highest BCUT2D eigenvalue weighted by atomic mass is 16.3. The number of aliphatic hydroxyl groups is 1. The van der Waals surface area contributed by atoms with E-state index in [2.05, 4.69) is 48.0 Å². The van der Waals surface area contributed by atoms with E-state index in [1.54, 1.807) is 0 Å². The van der Waals surface area contributed by atoms with Crippen molar-refractivity contribution in [1.29, 1.82) is 0 Å². The van der Waals surface area contributed by atoms with Gasteiger partial charge in [-0.1, -0.05) is 26.0 Å². The first-order chi connectivity index (χ1) is 8.61. The number of hydrogen-bond acceptors (Lipinski definition) is 3. The van der Waals surface area contributed by atoms with Gasteiger partial charge in [-0.25, -0.2) is 0 Å². The second-order valence-electron chi connectivity index (χ2n) is 5.44. The number of β-amino-alcohol motifs (C(OH)–C–C–N with tert-alkyl or cyclic N) is 1. The fraction of sp³-hybridized carbons (Fsp3) is 0.600. The molecule has 0 saturated carbocycles. The molecule has 1 aromatic rings. The minimum atomic E-state index is -0.242. The lowest BCUT2D eigenvalue weighted by Gasteiger charge is -2.28. The summed E-state index contributed by atoms with van der Waals surface area (Å²) < 4.78 is 0. The molecule has 0 spiro atoms. The normalized spacial score (nSPS) is 21.4. The number of rotatable bonds is 3. The number of anilines is 2. The van der Waals surface area contributed by atoms with Crippen LogP contribution in [0.25, 0.3) is 0 Å². The number of benzene rings is 1. The molecule has 3 heteroatoms. The van der Waals surface area contributed by atoms with E-state index in [9.17, 15) is 5.11 Å². The van der Waals surface area contributed by atoms with Crippen molar-refractivity contribution in [3.05, 3.63) is 24.3 Å². The maximum absolute atomic E-state index is 9.92. The largest absolute Gasteiger partial charge is 0.391 e. The van der Waals surface area contributed by atoms with Crippen LogP contribution in [0.2, 0.25) is 0 Å². The average molecular weight is 248 g/mol. The standard InChI is InChI=1S/C15H24N2O/c1-4-13(18)11-17-10-12(2)9-16(3)14-7-5-6-8-15(14)17/h5-8,12-13,18H,4,9-11H2,1-3H3/t12?,13-/m1/s1. The Kier molecular flexibility index (Phi) is 4.12. The van der Waals surface area contributed by atoms with E-state index >= 15 is 0 Å². The van der Waals surface area contributed by atoms with Gasteiger partial charge in [0, 0.05) is 26.7 Å². The molecule has 2 rings (SSSR count). The third kappa shape index (κ3) is 2.78. The summed E-state index contributed by atoms with van der Waals surface area (Å²) in [5, 5.41) is 9.92. The fourth-order valence-corrected chi connectivity index (χ4v) is 2.71. The Bertz CT molecular complexity index is 394. The predicted octanol–water partition coefficient (Wildman–Crippen LogP) is 2.35. The van der Waals surface area contributed by atoms with E-state index in [1.165, 1.54) is 11.4 Å². The highest BCUT2D eigenvalue weighted by Gasteiger charge is 2.23. The van der Waals surface area contributed by atoms with Gasteiger partial charge in [0.25, 0.3) is 0 Å². The van der Waals surface area contributed by atoms with Gasteiger partial charge >= 0.3 is 0 Å². The molecule has 0 fully saturated rings. The number of fused-ring (bicyclic) bond motifs is 1. The molecule has 18 heavy (non-hydrogen) atoms. The lowest BCUT2D eigenvalue weighted by Crippen LogP contribution is -2.35. The van der Waals surface area contributed by atoms with Crippen molar-refractivity contribution in [3.63, 3.8) is 0 Å². The second-order valence-corrected chi connectivity index (χ2v) is 5.44. The summed E-state index contributed by atoms with van der Waals surface area (Å²) in [4.78, 5) is 4.65. The van der Waals surface area contributed by atoms with Crippen LogP contribution < -0.4 is 9.80 Å². The number of nitrogens with zero attached hydrogens (tertiary/aromatic N) is 2. The molecule has 1 aromatic carbocycles. The topological polar surface area (TPSA) is 26.7 Å². The van der Waals surface area contributed by atoms with Crippen molar-refractivity contribution >= 4 is 11.4 Å². The zero-order chi connectivity index (χ0) is 13.1. The van der Waals surface area contributed by atoms with Gasteiger partial charge in [0.15, 0.2) is 0 Å². The first-order valence-electron chi connectivity index (χ1n) is 6.85. The van der Waals surface area contributed by atoms with E-state index in [0.29, 0.717) is 5.92 Å². The molecule has 1 aliphatic rings. The van der Waals surface area contributed by atoms with Crippen molar-refractivity contribution in [2.24, 2.45) is 5.92 Å². The third-order valence-corrected chi connectivity index (χ3v) is 3.65. The van der Waals surface area contributed by atoms with Crippen LogP contribution in [0.1, 0.15) is 20.3 Å². The minimum Gasteiger partial charge on any atom is -0.391 e. The molecule has 1 aliphatic heterocycles. The van der Waals surface area contributed by atoms with Gasteiger partial charge < -0.3 is 14.9 Å². The van der Waals surface area contributed by atoms with Gasteiger partial charge in [0.1, 0.15) is 0 Å². The Morgan fingerprint density at radius 1 is 1.28 bits per heavy atom. The summed E-state index contributed by atoms with van der Waals surface area (Å²) in [7, 11) is 2.15. The Hall–Kier alpha value is -1.22. The third-order valence-electron chi connectivity index (χ3n) is 3.65. The summed E-state index contributed by atoms with van der Waals surface area (Å²) in [5.41, 5.74) is 2.52. The maximum Gasteiger partial charge on any atom is 0.0712 e. The van der Waals surface area contributed by atoms with Crippen molar-refractivity contribution in [1.82, 2.24) is 0 Å². The van der Waals surface area contributed by atoms with Crippen molar-refractivity contribution < 1.29 is 5.11 Å². The van der Waals surface area contributed by atoms with Crippen molar-refractivity contribution in [2.75, 3.05) is 36.5 Å². The van der Waals surface area contributed by atoms with Crippen LogP contribution in [0.15, 0.2) is 24.3 Å². The highest BCUT2D eigenvalue weighted by Crippen LogP contribution is 2.32. The summed E-state index contributed by atoms with van der Waals surface area (Å²) in [5.74, 6) is 0.603. The zero-order valence-corrected chi connectivity index (χ0v) is 11.6. The van der Waals surface area contributed by atoms with E-state index in [4.69, 9.17) is 0 Å². The maximum atomic E-state index is 9.92. The number of para-hydroxylation sites is 2. The van der Waals surface area contributed by atoms with Crippen LogP contribution in [0.4, 0.5) is 11.4 Å². The Balaban J connectivity index is 2.30. The fourth-order valence-electron chi connectivity index (χ4n) is 2.71. The van der Waals surface area contributed by atoms with Gasteiger partial charge in [0.2, 0.25) is 0 Å². The van der Waals surface area contributed by atoms with E-state index in [1.807, 2.05) is 6.92 Å². The van der Waals surface area contributed by atoms with Crippen LogP contribution in [-0.2, 0) is 0 Å². The van der Waals surface area contributed by atoms with Crippen LogP contribution >= 0.6 is 0 Å². The Labute approximate surface area is 110 Å². The van der Waals surface area contributed by atoms with E-state index in [-0.39, 0.29) is 6.10 Å². The number of hydrogen-bond donors (Lipinski definition) is 1. The molecule has 0 aromatic heterocycles. The Morgan fingerprint density at radius 2 is 1.94 bits per heavy atom. The lowest BCUT2D eigenvalue weighted by atomic mass is 10.1. The molecule has 0 radical (unpaired) electrons. The summed E-state index contributed by atoms with van der Waals surface area (Å²) in [6.45, 7) is 7.11. The van der Waals surface area contributed by atoms with Gasteiger partial charge in [-0.3, -0.25) is 0 Å². The zero-order valence-electron chi connectivity index (χ0n) is 11.6. The monoisotopic (exact) mass is 248 g/mol. The highest BCUT2D eigenvalue weighted by molar-refractivity contribution is 5.71. The molecular formula is C15H24N2O. The quantitative estimate of drug-likeness (QED) is 0.889. The van der Waals surface area contributed by atoms with Crippen molar-refractivity contribution in [3.8, 4) is 0 Å². The first kappa shape index (κ1) is 13.2. The van der Waals surface area contributed by atoms with Crippen LogP contribution in [0.3, 0.4) is 0 Å². The van der Waals surface area contributed by atoms with Gasteiger partial charge in [0.05, 0.1) is 17.5 Å². The number of aliphatic hydroxyl groups excluding tert-OH is 1. The van der Waals surface area contributed by atoms with Crippen LogP contribution in [0.5, 0.6) is 0 Å². The molecule has 0 saturated heterocycles. The van der Waals surface area contributed by atoms with Crippen molar-refractivity contribution in [2.45, 2.75) is 26.4 Å². The smallest absolute Gasteiger partial charge is 0.0712 e. The Morgan fingerprint density at radius 3 is 2.61 bits per heavy atom. The second kappa shape index (κ2) is 5.61. The lowest BCUT2D eigenvalue weighted by molar-refractivity contribution is 0.175. The first-order valence-corrected chi connectivity index (χ1v) is 6.85. The molecular weight excluding hydrogens is 224 g/mol. The predicted molar refractivity (Wildman–Crippen MR) is 77.4 cm³/mol.